The summed E-state index contributed by atoms with van der Waals surface area (Å²) in [6.07, 6.45) is 5.38. The Morgan fingerprint density at radius 3 is 3.26 bits per heavy atom. The summed E-state index contributed by atoms with van der Waals surface area (Å²) in [7, 11) is 0. The third-order valence-electron chi connectivity index (χ3n) is 4.03. The molecule has 2 aromatic heterocycles. The number of hydrogen-bond acceptors (Lipinski definition) is 8. The summed E-state index contributed by atoms with van der Waals surface area (Å²) >= 11 is 1.38. The van der Waals surface area contributed by atoms with E-state index in [-0.39, 0.29) is 12.0 Å². The van der Waals surface area contributed by atoms with Gasteiger partial charge in [0.05, 0.1) is 30.0 Å². The van der Waals surface area contributed by atoms with E-state index in [1.54, 1.807) is 23.1 Å². The number of nitrogens with one attached hydrogen (secondary N) is 2. The maximum absolute atomic E-state index is 12.9. The summed E-state index contributed by atoms with van der Waals surface area (Å²) < 4.78 is 5.89. The van der Waals surface area contributed by atoms with E-state index in [4.69, 9.17) is 15.4 Å². The SMILES string of the molecule is N#Cc1ccnc(O[C@@H]2CCCN(C(=O)c3ccsc3N/N=C\C=N)C2)c1. The van der Waals surface area contributed by atoms with Crippen molar-refractivity contribution in [3.63, 3.8) is 0 Å². The molecule has 0 aromatic carbocycles. The van der Waals surface area contributed by atoms with Crippen molar-refractivity contribution in [1.82, 2.24) is 9.88 Å². The number of pyridine rings is 1. The maximum atomic E-state index is 12.9. The minimum atomic E-state index is -0.171. The van der Waals surface area contributed by atoms with Gasteiger partial charge >= 0.3 is 0 Å². The summed E-state index contributed by atoms with van der Waals surface area (Å²) in [4.78, 5) is 18.8. The van der Waals surface area contributed by atoms with Crippen molar-refractivity contribution in [1.29, 1.82) is 10.7 Å². The molecule has 1 aliphatic heterocycles. The Morgan fingerprint density at radius 2 is 2.44 bits per heavy atom. The first-order chi connectivity index (χ1) is 13.2. The third kappa shape index (κ3) is 4.68. The molecule has 1 aliphatic rings. The van der Waals surface area contributed by atoms with E-state index in [0.717, 1.165) is 19.1 Å². The molecule has 9 heteroatoms. The lowest BCUT2D eigenvalue weighted by molar-refractivity contribution is 0.0529. The maximum Gasteiger partial charge on any atom is 0.257 e. The largest absolute Gasteiger partial charge is 0.472 e. The molecule has 8 nitrogen and oxygen atoms in total. The first kappa shape index (κ1) is 18.5. The topological polar surface area (TPSA) is 114 Å². The Labute approximate surface area is 160 Å². The lowest BCUT2D eigenvalue weighted by Gasteiger charge is -2.32. The number of thiophene rings is 1. The van der Waals surface area contributed by atoms with E-state index >= 15 is 0 Å². The van der Waals surface area contributed by atoms with Crippen LogP contribution < -0.4 is 10.2 Å². The number of ether oxygens (including phenoxy) is 1. The Bertz CT molecular complexity index is 888. The van der Waals surface area contributed by atoms with Crippen molar-refractivity contribution >= 4 is 34.7 Å². The summed E-state index contributed by atoms with van der Waals surface area (Å²) in [5, 5.41) is 22.3. The number of anilines is 1. The van der Waals surface area contributed by atoms with Crippen LogP contribution >= 0.6 is 11.3 Å². The van der Waals surface area contributed by atoms with Gasteiger partial charge in [0.2, 0.25) is 5.88 Å². The summed E-state index contributed by atoms with van der Waals surface area (Å²) in [5.74, 6) is 0.308. The molecular formula is C18H18N6O2S. The van der Waals surface area contributed by atoms with Gasteiger partial charge in [-0.25, -0.2) is 4.98 Å². The fourth-order valence-corrected chi connectivity index (χ4v) is 3.53. The lowest BCUT2D eigenvalue weighted by atomic mass is 10.1. The van der Waals surface area contributed by atoms with Gasteiger partial charge in [0.1, 0.15) is 11.1 Å². The van der Waals surface area contributed by atoms with Crippen LogP contribution in [0.1, 0.15) is 28.8 Å². The monoisotopic (exact) mass is 382 g/mol. The smallest absolute Gasteiger partial charge is 0.257 e. The quantitative estimate of drug-likeness (QED) is 0.589. The van der Waals surface area contributed by atoms with E-state index in [1.807, 2.05) is 5.38 Å². The average molecular weight is 382 g/mol. The van der Waals surface area contributed by atoms with Crippen molar-refractivity contribution in [3.05, 3.63) is 40.9 Å². The van der Waals surface area contributed by atoms with Crippen LogP contribution in [-0.2, 0) is 0 Å². The second-order valence-corrected chi connectivity index (χ2v) is 6.76. The lowest BCUT2D eigenvalue weighted by Crippen LogP contribution is -2.44. The molecule has 138 valence electrons. The standard InChI is InChI=1S/C18H18N6O2S/c19-5-7-22-23-17-15(4-9-27-17)18(25)24-8-1-2-14(12-24)26-16-10-13(11-20)3-6-21-16/h3-7,9-10,14,19,23H,1-2,8,12H2/b19-5?,22-7-/t14-/m1/s1. The van der Waals surface area contributed by atoms with Crippen LogP contribution in [0.5, 0.6) is 5.88 Å². The number of piperidine rings is 1. The van der Waals surface area contributed by atoms with Crippen molar-refractivity contribution in [2.75, 3.05) is 18.5 Å². The Hall–Kier alpha value is -3.25. The Morgan fingerprint density at radius 1 is 1.56 bits per heavy atom. The van der Waals surface area contributed by atoms with E-state index in [1.165, 1.54) is 23.7 Å². The molecule has 0 saturated carbocycles. The van der Waals surface area contributed by atoms with Gasteiger partial charge < -0.3 is 15.0 Å². The van der Waals surface area contributed by atoms with Crippen LogP contribution in [-0.4, -0.2) is 47.4 Å². The Balaban J connectivity index is 1.66. The molecule has 3 rings (SSSR count). The van der Waals surface area contributed by atoms with E-state index in [2.05, 4.69) is 21.6 Å². The van der Waals surface area contributed by atoms with E-state index in [0.29, 0.717) is 35.1 Å². The number of carbonyl (C=O) groups is 1. The first-order valence-electron chi connectivity index (χ1n) is 8.39. The molecule has 0 unspecified atom stereocenters. The predicted molar refractivity (Wildman–Crippen MR) is 104 cm³/mol. The summed E-state index contributed by atoms with van der Waals surface area (Å²) in [5.41, 5.74) is 3.83. The normalized spacial score (nSPS) is 16.7. The number of hydrazone groups is 1. The molecule has 3 heterocycles. The highest BCUT2D eigenvalue weighted by Gasteiger charge is 2.27. The number of carbonyl (C=O) groups excluding carboxylic acids is 1. The van der Waals surface area contributed by atoms with Crippen molar-refractivity contribution in [3.8, 4) is 11.9 Å². The predicted octanol–water partition coefficient (Wildman–Crippen LogP) is 2.75. The second kappa shape index (κ2) is 8.91. The molecule has 27 heavy (non-hydrogen) atoms. The molecule has 0 radical (unpaired) electrons. The van der Waals surface area contributed by atoms with E-state index < -0.39 is 0 Å². The highest BCUT2D eigenvalue weighted by atomic mass is 32.1. The van der Waals surface area contributed by atoms with Crippen LogP contribution in [0.3, 0.4) is 0 Å². The molecule has 1 amide bonds. The highest BCUT2D eigenvalue weighted by molar-refractivity contribution is 7.14. The molecule has 1 fully saturated rings. The number of likely N-dealkylation sites (tertiary alicyclic amines) is 1. The summed E-state index contributed by atoms with van der Waals surface area (Å²) in [6.45, 7) is 1.11. The van der Waals surface area contributed by atoms with Crippen molar-refractivity contribution < 1.29 is 9.53 Å². The number of aromatic nitrogens is 1. The number of amides is 1. The summed E-state index contributed by atoms with van der Waals surface area (Å²) in [6, 6.07) is 7.04. The Kier molecular flexibility index (Phi) is 6.12. The minimum Gasteiger partial charge on any atom is -0.472 e. The van der Waals surface area contributed by atoms with Gasteiger partial charge in [0.15, 0.2) is 0 Å². The molecular weight excluding hydrogens is 364 g/mol. The minimum absolute atomic E-state index is 0.0872. The highest BCUT2D eigenvalue weighted by Crippen LogP contribution is 2.26. The van der Waals surface area contributed by atoms with Gasteiger partial charge in [-0.3, -0.25) is 10.2 Å². The van der Waals surface area contributed by atoms with Crippen LogP contribution in [0.4, 0.5) is 5.00 Å². The molecule has 1 saturated heterocycles. The number of nitrogens with zero attached hydrogens (tertiary/aromatic N) is 4. The van der Waals surface area contributed by atoms with Gasteiger partial charge in [-0.15, -0.1) is 11.3 Å². The van der Waals surface area contributed by atoms with Crippen LogP contribution in [0.15, 0.2) is 34.9 Å². The zero-order valence-electron chi connectivity index (χ0n) is 14.5. The zero-order valence-corrected chi connectivity index (χ0v) is 15.3. The van der Waals surface area contributed by atoms with Crippen molar-refractivity contribution in [2.24, 2.45) is 5.10 Å². The van der Waals surface area contributed by atoms with Gasteiger partial charge in [0.25, 0.3) is 5.91 Å². The molecule has 2 aromatic rings. The molecule has 0 spiro atoms. The molecule has 1 atom stereocenters. The number of hydrogen-bond donors (Lipinski definition) is 2. The number of rotatable bonds is 6. The third-order valence-corrected chi connectivity index (χ3v) is 4.85. The fourth-order valence-electron chi connectivity index (χ4n) is 2.80. The molecule has 0 aliphatic carbocycles. The molecule has 0 bridgehead atoms. The first-order valence-corrected chi connectivity index (χ1v) is 9.27. The van der Waals surface area contributed by atoms with Crippen LogP contribution in [0, 0.1) is 16.7 Å². The fraction of sp³-hybridized carbons (Fsp3) is 0.278. The molecule has 2 N–H and O–H groups in total. The van der Waals surface area contributed by atoms with Crippen LogP contribution in [0.25, 0.3) is 0 Å². The van der Waals surface area contributed by atoms with Crippen LogP contribution in [0.2, 0.25) is 0 Å². The van der Waals surface area contributed by atoms with Gasteiger partial charge in [0, 0.05) is 25.0 Å². The van der Waals surface area contributed by atoms with Gasteiger partial charge in [-0.05, 0) is 30.4 Å². The van der Waals surface area contributed by atoms with Gasteiger partial charge in [-0.2, -0.15) is 10.4 Å². The van der Waals surface area contributed by atoms with Gasteiger partial charge in [-0.1, -0.05) is 0 Å². The average Bonchev–Trinajstić information content (AvgIpc) is 3.16. The van der Waals surface area contributed by atoms with Crippen molar-refractivity contribution in [2.45, 2.75) is 18.9 Å². The zero-order chi connectivity index (χ0) is 19.1. The van der Waals surface area contributed by atoms with E-state index in [9.17, 15) is 4.79 Å². The second-order valence-electron chi connectivity index (χ2n) is 5.85. The number of nitriles is 1.